The number of aryl methyl sites for hydroxylation is 2. The molecule has 0 bridgehead atoms. The SMILES string of the molecule is Cc1ccc2c(n1)oc1c(-c3cc[c]([Ge]([CH3])([CH3])[CH3])cn3)[c-]ccc12.[2H]C([2H])([2H])c1cc[c-]c(-c2nc3ccccc3n2-c2c(C(C)C)cc(-c3ccccc3)cc2C(C)C)c1.[Ir]. The molecule has 0 unspecified atom stereocenters. The summed E-state index contributed by atoms with van der Waals surface area (Å²) in [6.07, 6.45) is 2.02. The number of para-hydroxylation sites is 2. The van der Waals surface area contributed by atoms with Crippen LogP contribution in [0.1, 0.15) is 66.0 Å². The van der Waals surface area contributed by atoms with E-state index in [1.807, 2.05) is 55.6 Å². The van der Waals surface area contributed by atoms with E-state index >= 15 is 0 Å². The summed E-state index contributed by atoms with van der Waals surface area (Å²) in [5, 5.41) is 2.10. The molecule has 7 heteroatoms. The molecule has 0 aliphatic carbocycles. The van der Waals surface area contributed by atoms with Crippen LogP contribution in [0, 0.1) is 25.9 Å². The van der Waals surface area contributed by atoms with Crippen molar-refractivity contribution in [3.8, 4) is 39.5 Å². The zero-order chi connectivity index (χ0) is 43.2. The molecule has 0 spiro atoms. The van der Waals surface area contributed by atoms with Crippen LogP contribution in [0.3, 0.4) is 0 Å². The Labute approximate surface area is 368 Å². The van der Waals surface area contributed by atoms with Gasteiger partial charge in [0.15, 0.2) is 0 Å². The third kappa shape index (κ3) is 8.50. The minimum atomic E-state index is -2.20. The van der Waals surface area contributed by atoms with Crippen molar-refractivity contribution in [2.45, 2.75) is 70.6 Å². The van der Waals surface area contributed by atoms with E-state index in [2.05, 4.69) is 132 Å². The second-order valence-corrected chi connectivity index (χ2v) is 27.3. The van der Waals surface area contributed by atoms with Gasteiger partial charge in [-0.25, -0.2) is 0 Å². The molecule has 0 N–H and O–H groups in total. The number of aromatic nitrogens is 4. The Morgan fingerprint density at radius 1 is 0.729 bits per heavy atom. The van der Waals surface area contributed by atoms with Crippen LogP contribution in [-0.4, -0.2) is 32.8 Å². The van der Waals surface area contributed by atoms with Gasteiger partial charge in [0.1, 0.15) is 0 Å². The Hall–Kier alpha value is -5.14. The molecular formula is C52H50GeIrN4O-2. The molecule has 4 heterocycles. The summed E-state index contributed by atoms with van der Waals surface area (Å²) in [5.41, 5.74) is 13.0. The topological polar surface area (TPSA) is 56.7 Å². The van der Waals surface area contributed by atoms with Gasteiger partial charge in [0.2, 0.25) is 0 Å². The first kappa shape index (κ1) is 38.1. The molecule has 9 rings (SSSR count). The van der Waals surface area contributed by atoms with E-state index in [0.717, 1.165) is 50.0 Å². The minimum absolute atomic E-state index is 0. The first-order valence-electron chi connectivity index (χ1n) is 21.5. The molecule has 59 heavy (non-hydrogen) atoms. The number of pyridine rings is 2. The van der Waals surface area contributed by atoms with Gasteiger partial charge in [0, 0.05) is 29.9 Å². The number of hydrogen-bond acceptors (Lipinski definition) is 4. The van der Waals surface area contributed by atoms with E-state index in [0.29, 0.717) is 17.1 Å². The summed E-state index contributed by atoms with van der Waals surface area (Å²) in [4.78, 5) is 14.2. The van der Waals surface area contributed by atoms with Crippen molar-refractivity contribution in [2.24, 2.45) is 0 Å². The van der Waals surface area contributed by atoms with Gasteiger partial charge in [-0.05, 0) is 58.4 Å². The molecule has 0 saturated heterocycles. The Morgan fingerprint density at radius 3 is 2.12 bits per heavy atom. The maximum atomic E-state index is 7.94. The van der Waals surface area contributed by atoms with Crippen molar-refractivity contribution < 1.29 is 28.6 Å². The number of imidazole rings is 1. The molecule has 0 aliphatic rings. The standard InChI is InChI=1S/C32H31N2.C20H19GeN2O.Ir/c1-21(2)27-19-26(24-13-7-6-8-14-24)20-28(22(3)4)31(27)34-30-17-10-9-16-29(30)33-32(34)25-15-11-12-23(5)18-25;1-13-8-10-16-15-6-5-7-17(19(15)24-20(16)23-13)18-11-9-14(12-22-18)21(2,3)4;/h6-14,16-22H,1-5H3;5-6,8-12H,1-4H3;/q2*-1;/i5D3;;. The van der Waals surface area contributed by atoms with Gasteiger partial charge in [-0.1, -0.05) is 77.0 Å². The van der Waals surface area contributed by atoms with Crippen molar-refractivity contribution >= 4 is 50.8 Å². The number of furan rings is 1. The molecule has 5 aromatic carbocycles. The molecule has 299 valence electrons. The van der Waals surface area contributed by atoms with Crippen molar-refractivity contribution in [1.29, 1.82) is 0 Å². The average molecular weight is 1010 g/mol. The van der Waals surface area contributed by atoms with E-state index in [1.165, 1.54) is 26.6 Å². The summed E-state index contributed by atoms with van der Waals surface area (Å²) in [6.45, 7) is 8.65. The number of nitrogens with zero attached hydrogens (tertiary/aromatic N) is 4. The van der Waals surface area contributed by atoms with E-state index in [1.54, 1.807) is 18.2 Å². The molecule has 0 amide bonds. The average Bonchev–Trinajstić information content (AvgIpc) is 3.81. The first-order chi connectivity index (χ1) is 29.1. The number of fused-ring (bicyclic) bond motifs is 4. The fraction of sp³-hybridized carbons (Fsp3) is 0.212. The Kier molecular flexibility index (Phi) is 11.1. The van der Waals surface area contributed by atoms with Crippen LogP contribution >= 0.6 is 0 Å². The fourth-order valence-electron chi connectivity index (χ4n) is 7.53. The van der Waals surface area contributed by atoms with Crippen LogP contribution in [-0.2, 0) is 20.1 Å². The molecule has 9 aromatic rings. The summed E-state index contributed by atoms with van der Waals surface area (Å²) in [6, 6.07) is 47.1. The molecule has 4 aromatic heterocycles. The van der Waals surface area contributed by atoms with Crippen LogP contribution in [0.5, 0.6) is 0 Å². The van der Waals surface area contributed by atoms with E-state index in [-0.39, 0.29) is 37.5 Å². The second-order valence-electron chi connectivity index (χ2n) is 16.6. The van der Waals surface area contributed by atoms with Crippen LogP contribution in [0.2, 0.25) is 17.3 Å². The van der Waals surface area contributed by atoms with Gasteiger partial charge in [-0.3, -0.25) is 4.98 Å². The zero-order valence-electron chi connectivity index (χ0n) is 37.8. The number of hydrogen-bond donors (Lipinski definition) is 0. The van der Waals surface area contributed by atoms with Crippen molar-refractivity contribution in [3.05, 3.63) is 162 Å². The largest absolute Gasteiger partial charge is 0.333 e. The Bertz CT molecular complexity index is 2990. The smallest absolute Gasteiger partial charge is 0.0774 e. The molecular weight excluding hydrogens is 961 g/mol. The molecule has 0 atom stereocenters. The van der Waals surface area contributed by atoms with E-state index in [9.17, 15) is 0 Å². The third-order valence-corrected chi connectivity index (χ3v) is 14.9. The normalized spacial score (nSPS) is 12.6. The predicted molar refractivity (Wildman–Crippen MR) is 245 cm³/mol. The van der Waals surface area contributed by atoms with Gasteiger partial charge in [0.25, 0.3) is 0 Å². The maximum Gasteiger partial charge on any atom is 0.0774 e. The van der Waals surface area contributed by atoms with Crippen molar-refractivity contribution in [3.63, 3.8) is 0 Å². The monoisotopic (exact) mass is 1020 g/mol. The van der Waals surface area contributed by atoms with E-state index < -0.39 is 20.1 Å². The van der Waals surface area contributed by atoms with Gasteiger partial charge in [0.05, 0.1) is 16.9 Å². The van der Waals surface area contributed by atoms with Gasteiger partial charge >= 0.3 is 144 Å². The quantitative estimate of drug-likeness (QED) is 0.118. The van der Waals surface area contributed by atoms with Crippen LogP contribution < -0.4 is 4.40 Å². The van der Waals surface area contributed by atoms with Crippen LogP contribution in [0.15, 0.2) is 132 Å². The second kappa shape index (κ2) is 17.2. The van der Waals surface area contributed by atoms with Gasteiger partial charge in [-0.15, -0.1) is 35.4 Å². The number of benzene rings is 5. The molecule has 5 nitrogen and oxygen atoms in total. The zero-order valence-corrected chi connectivity index (χ0v) is 39.3. The van der Waals surface area contributed by atoms with Crippen molar-refractivity contribution in [1.82, 2.24) is 19.5 Å². The minimum Gasteiger partial charge on any atom is -0.333 e. The van der Waals surface area contributed by atoms with Gasteiger partial charge < -0.3 is 4.57 Å². The van der Waals surface area contributed by atoms with E-state index in [4.69, 9.17) is 13.5 Å². The number of rotatable bonds is 7. The summed E-state index contributed by atoms with van der Waals surface area (Å²) in [5.74, 6) is 8.32. The van der Waals surface area contributed by atoms with Crippen LogP contribution in [0.25, 0.3) is 72.6 Å². The van der Waals surface area contributed by atoms with Gasteiger partial charge in [-0.2, -0.15) is 0 Å². The molecule has 0 aliphatic heterocycles. The Morgan fingerprint density at radius 2 is 1.44 bits per heavy atom. The Balaban J connectivity index is 0.000000200. The molecule has 1 radical (unpaired) electrons. The third-order valence-electron chi connectivity index (χ3n) is 10.7. The summed E-state index contributed by atoms with van der Waals surface area (Å²) in [7, 11) is 0. The summed E-state index contributed by atoms with van der Waals surface area (Å²) >= 11 is -1.85. The molecule has 0 saturated carbocycles. The summed E-state index contributed by atoms with van der Waals surface area (Å²) < 4.78 is 33.5. The van der Waals surface area contributed by atoms with Crippen molar-refractivity contribution in [2.75, 3.05) is 0 Å². The fourth-order valence-corrected chi connectivity index (χ4v) is 9.71. The molecule has 0 fully saturated rings. The first-order valence-corrected chi connectivity index (χ1v) is 27.3. The maximum absolute atomic E-state index is 7.94. The van der Waals surface area contributed by atoms with Crippen LogP contribution in [0.4, 0.5) is 0 Å². The predicted octanol–water partition coefficient (Wildman–Crippen LogP) is 13.4.